The fourth-order valence-electron chi connectivity index (χ4n) is 1.92. The summed E-state index contributed by atoms with van der Waals surface area (Å²) in [7, 11) is 2.86. The van der Waals surface area contributed by atoms with Gasteiger partial charge in [0, 0.05) is 26.7 Å². The minimum Gasteiger partial charge on any atom is -0.453 e. The fourth-order valence-corrected chi connectivity index (χ4v) is 1.92. The average molecular weight is 259 g/mol. The Balaban J connectivity index is 2.36. The van der Waals surface area contributed by atoms with Gasteiger partial charge in [0.15, 0.2) is 0 Å². The summed E-state index contributed by atoms with van der Waals surface area (Å²) in [6, 6.07) is -0.0414. The Kier molecular flexibility index (Phi) is 5.87. The summed E-state index contributed by atoms with van der Waals surface area (Å²) in [5.74, 6) is 0.00136. The molecule has 0 aliphatic carbocycles. The molecule has 0 bridgehead atoms. The number of nitrogens with two attached hydrogens (primary N) is 1. The van der Waals surface area contributed by atoms with Crippen molar-refractivity contribution in [3.8, 4) is 0 Å². The lowest BCUT2D eigenvalue weighted by atomic mass is 10.2. The number of amides is 2. The Morgan fingerprint density at radius 1 is 1.50 bits per heavy atom. The Labute approximate surface area is 107 Å². The molecule has 1 heterocycles. The van der Waals surface area contributed by atoms with Crippen LogP contribution in [0.4, 0.5) is 4.79 Å². The lowest BCUT2D eigenvalue weighted by Crippen LogP contribution is -2.39. The van der Waals surface area contributed by atoms with Gasteiger partial charge in [0.1, 0.15) is 0 Å². The number of carbonyl (C=O) groups excluding carboxylic acids is 2. The number of hydrogen-bond acceptors (Lipinski definition) is 5. The molecule has 7 heteroatoms. The van der Waals surface area contributed by atoms with E-state index in [4.69, 9.17) is 10.5 Å². The zero-order valence-electron chi connectivity index (χ0n) is 10.8. The lowest BCUT2D eigenvalue weighted by molar-refractivity contribution is -0.132. The molecule has 2 amide bonds. The predicted molar refractivity (Wildman–Crippen MR) is 65.0 cm³/mol. The standard InChI is InChI=1S/C11H21N3O4/c1-17-9(6-12)5-10(15)14-4-3-8(7-14)13-11(16)18-2/h8-9H,3-7,12H2,1-2H3,(H,13,16). The summed E-state index contributed by atoms with van der Waals surface area (Å²) in [6.45, 7) is 1.46. The number of alkyl carbamates (subject to hydrolysis) is 1. The third kappa shape index (κ3) is 4.15. The number of nitrogens with zero attached hydrogens (tertiary/aromatic N) is 1. The van der Waals surface area contributed by atoms with Crippen molar-refractivity contribution in [2.24, 2.45) is 5.73 Å². The van der Waals surface area contributed by atoms with Gasteiger partial charge in [0.25, 0.3) is 0 Å². The summed E-state index contributed by atoms with van der Waals surface area (Å²) in [4.78, 5) is 24.7. The van der Waals surface area contributed by atoms with E-state index in [1.54, 1.807) is 4.90 Å². The molecular formula is C11H21N3O4. The molecule has 2 atom stereocenters. The van der Waals surface area contributed by atoms with E-state index in [1.807, 2.05) is 0 Å². The topological polar surface area (TPSA) is 93.9 Å². The second-order valence-electron chi connectivity index (χ2n) is 4.26. The Morgan fingerprint density at radius 3 is 2.78 bits per heavy atom. The van der Waals surface area contributed by atoms with Crippen LogP contribution >= 0.6 is 0 Å². The molecule has 3 N–H and O–H groups in total. The van der Waals surface area contributed by atoms with E-state index in [-0.39, 0.29) is 24.5 Å². The number of carbonyl (C=O) groups is 2. The average Bonchev–Trinajstić information content (AvgIpc) is 2.84. The molecule has 0 spiro atoms. The van der Waals surface area contributed by atoms with Crippen LogP contribution in [-0.4, -0.2) is 62.9 Å². The van der Waals surface area contributed by atoms with Crippen LogP contribution in [0.25, 0.3) is 0 Å². The summed E-state index contributed by atoms with van der Waals surface area (Å²) in [6.07, 6.45) is 0.301. The van der Waals surface area contributed by atoms with Crippen molar-refractivity contribution in [1.29, 1.82) is 0 Å². The Hall–Kier alpha value is -1.34. The van der Waals surface area contributed by atoms with Gasteiger partial charge in [-0.15, -0.1) is 0 Å². The van der Waals surface area contributed by atoms with Gasteiger partial charge in [0.05, 0.1) is 25.7 Å². The van der Waals surface area contributed by atoms with Crippen LogP contribution in [0.5, 0.6) is 0 Å². The van der Waals surface area contributed by atoms with Crippen molar-refractivity contribution < 1.29 is 19.1 Å². The molecule has 7 nitrogen and oxygen atoms in total. The van der Waals surface area contributed by atoms with Gasteiger partial charge in [-0.2, -0.15) is 0 Å². The summed E-state index contributed by atoms with van der Waals surface area (Å²) in [5.41, 5.74) is 5.47. The fraction of sp³-hybridized carbons (Fsp3) is 0.818. The number of methoxy groups -OCH3 is 2. The maximum atomic E-state index is 11.9. The Bertz CT molecular complexity index is 294. The van der Waals surface area contributed by atoms with Crippen molar-refractivity contribution in [2.75, 3.05) is 33.9 Å². The van der Waals surface area contributed by atoms with E-state index in [0.29, 0.717) is 19.6 Å². The molecular weight excluding hydrogens is 238 g/mol. The van der Waals surface area contributed by atoms with Gasteiger partial charge in [-0.05, 0) is 6.42 Å². The van der Waals surface area contributed by atoms with Gasteiger partial charge < -0.3 is 25.4 Å². The molecule has 0 aromatic rings. The van der Waals surface area contributed by atoms with E-state index in [9.17, 15) is 9.59 Å². The molecule has 18 heavy (non-hydrogen) atoms. The van der Waals surface area contributed by atoms with Gasteiger partial charge in [0.2, 0.25) is 5.91 Å². The first-order valence-corrected chi connectivity index (χ1v) is 5.95. The highest BCUT2D eigenvalue weighted by Gasteiger charge is 2.28. The predicted octanol–water partition coefficient (Wildman–Crippen LogP) is -0.693. The van der Waals surface area contributed by atoms with Crippen LogP contribution in [0.2, 0.25) is 0 Å². The van der Waals surface area contributed by atoms with Gasteiger partial charge in [-0.3, -0.25) is 4.79 Å². The first-order chi connectivity index (χ1) is 8.60. The van der Waals surface area contributed by atoms with Crippen LogP contribution in [0.3, 0.4) is 0 Å². The van der Waals surface area contributed by atoms with E-state index in [2.05, 4.69) is 10.1 Å². The molecule has 0 saturated carbocycles. The molecule has 0 radical (unpaired) electrons. The molecule has 1 aliphatic heterocycles. The van der Waals surface area contributed by atoms with Crippen molar-refractivity contribution in [2.45, 2.75) is 25.0 Å². The maximum Gasteiger partial charge on any atom is 0.407 e. The number of nitrogens with one attached hydrogen (secondary N) is 1. The summed E-state index contributed by atoms with van der Waals surface area (Å²) in [5, 5.41) is 2.68. The first kappa shape index (κ1) is 14.7. The molecule has 1 saturated heterocycles. The third-order valence-corrected chi connectivity index (χ3v) is 3.05. The quantitative estimate of drug-likeness (QED) is 0.681. The zero-order valence-corrected chi connectivity index (χ0v) is 10.8. The number of ether oxygens (including phenoxy) is 2. The van der Waals surface area contributed by atoms with Crippen LogP contribution in [0.15, 0.2) is 0 Å². The minimum atomic E-state index is -0.467. The molecule has 1 fully saturated rings. The SMILES string of the molecule is COC(=O)NC1CCN(C(=O)CC(CN)OC)C1. The van der Waals surface area contributed by atoms with Gasteiger partial charge in [-0.25, -0.2) is 4.79 Å². The van der Waals surface area contributed by atoms with Crippen LogP contribution in [-0.2, 0) is 14.3 Å². The van der Waals surface area contributed by atoms with Crippen LogP contribution < -0.4 is 11.1 Å². The molecule has 1 rings (SSSR count). The smallest absolute Gasteiger partial charge is 0.407 e. The largest absolute Gasteiger partial charge is 0.453 e. The normalized spacial score (nSPS) is 20.6. The highest BCUT2D eigenvalue weighted by molar-refractivity contribution is 5.77. The van der Waals surface area contributed by atoms with Gasteiger partial charge in [-0.1, -0.05) is 0 Å². The van der Waals surface area contributed by atoms with Crippen LogP contribution in [0.1, 0.15) is 12.8 Å². The van der Waals surface area contributed by atoms with E-state index >= 15 is 0 Å². The summed E-state index contributed by atoms with van der Waals surface area (Å²) >= 11 is 0. The minimum absolute atomic E-state index is 0.00136. The second kappa shape index (κ2) is 7.17. The molecule has 2 unspecified atom stereocenters. The monoisotopic (exact) mass is 259 g/mol. The van der Waals surface area contributed by atoms with Crippen LogP contribution in [0, 0.1) is 0 Å². The maximum absolute atomic E-state index is 11.9. The zero-order chi connectivity index (χ0) is 13.5. The van der Waals surface area contributed by atoms with Crippen molar-refractivity contribution in [1.82, 2.24) is 10.2 Å². The first-order valence-electron chi connectivity index (χ1n) is 5.95. The van der Waals surface area contributed by atoms with Crippen molar-refractivity contribution in [3.63, 3.8) is 0 Å². The van der Waals surface area contributed by atoms with E-state index in [0.717, 1.165) is 6.42 Å². The number of hydrogen-bond donors (Lipinski definition) is 2. The highest BCUT2D eigenvalue weighted by atomic mass is 16.5. The van der Waals surface area contributed by atoms with Crippen molar-refractivity contribution in [3.05, 3.63) is 0 Å². The van der Waals surface area contributed by atoms with E-state index < -0.39 is 6.09 Å². The van der Waals surface area contributed by atoms with E-state index in [1.165, 1.54) is 14.2 Å². The number of rotatable bonds is 5. The molecule has 0 aromatic heterocycles. The lowest BCUT2D eigenvalue weighted by Gasteiger charge is -2.19. The summed E-state index contributed by atoms with van der Waals surface area (Å²) < 4.78 is 9.59. The van der Waals surface area contributed by atoms with Gasteiger partial charge >= 0.3 is 6.09 Å². The molecule has 104 valence electrons. The second-order valence-corrected chi connectivity index (χ2v) is 4.26. The third-order valence-electron chi connectivity index (χ3n) is 3.05. The molecule has 0 aromatic carbocycles. The molecule has 1 aliphatic rings. The van der Waals surface area contributed by atoms with Crippen molar-refractivity contribution >= 4 is 12.0 Å². The highest BCUT2D eigenvalue weighted by Crippen LogP contribution is 2.12. The number of likely N-dealkylation sites (tertiary alicyclic amines) is 1. The Morgan fingerprint density at radius 2 is 2.22 bits per heavy atom.